The molecule has 0 bridgehead atoms. The van der Waals surface area contributed by atoms with Crippen LogP contribution in [-0.2, 0) is 24.2 Å². The number of carbonyl (C=O) groups excluding carboxylic acids is 1. The van der Waals surface area contributed by atoms with Crippen molar-refractivity contribution in [2.45, 2.75) is 45.1 Å². The van der Waals surface area contributed by atoms with Gasteiger partial charge in [0.25, 0.3) is 0 Å². The Morgan fingerprint density at radius 1 is 0.725 bits per heavy atom. The minimum atomic E-state index is 0.0759. The molecular weight excluding hydrogens is 494 g/mol. The van der Waals surface area contributed by atoms with Crippen molar-refractivity contribution in [1.82, 2.24) is 14.9 Å². The molecule has 1 amide bonds. The second-order valence-electron chi connectivity index (χ2n) is 10.1. The highest BCUT2D eigenvalue weighted by Crippen LogP contribution is 2.20. The summed E-state index contributed by atoms with van der Waals surface area (Å²) >= 11 is 0. The van der Waals surface area contributed by atoms with Gasteiger partial charge in [0.15, 0.2) is 0 Å². The minimum absolute atomic E-state index is 0.0759. The van der Waals surface area contributed by atoms with E-state index in [-0.39, 0.29) is 5.91 Å². The van der Waals surface area contributed by atoms with Gasteiger partial charge in [-0.15, -0.1) is 0 Å². The molecule has 1 N–H and O–H groups in total. The lowest BCUT2D eigenvalue weighted by Crippen LogP contribution is -2.26. The van der Waals surface area contributed by atoms with Crippen LogP contribution in [0.3, 0.4) is 0 Å². The van der Waals surface area contributed by atoms with Gasteiger partial charge >= 0.3 is 0 Å². The molecule has 5 nitrogen and oxygen atoms in total. The molecule has 1 heterocycles. The molecule has 0 aliphatic heterocycles. The van der Waals surface area contributed by atoms with Crippen LogP contribution in [0.2, 0.25) is 0 Å². The summed E-state index contributed by atoms with van der Waals surface area (Å²) < 4.78 is 8.24. The van der Waals surface area contributed by atoms with Crippen LogP contribution in [0, 0.1) is 0 Å². The normalized spacial score (nSPS) is 11.0. The number of imidazole rings is 1. The van der Waals surface area contributed by atoms with Crippen molar-refractivity contribution in [2.24, 2.45) is 0 Å². The molecule has 0 fully saturated rings. The van der Waals surface area contributed by atoms with Crippen LogP contribution in [0.5, 0.6) is 5.75 Å². The Bertz CT molecular complexity index is 1480. The standard InChI is InChI=1S/C35H37N3O2/c39-35(27-28-20-22-30(23-21-28)29-13-4-1-5-14-29)36-24-11-3-8-19-34-37-32-17-9-10-18-33(32)38(34)25-12-26-40-31-15-6-2-7-16-31/h1-2,4-7,9-10,13-18,20-23H,3,8,11-12,19,24-27H2,(H,36,39). The number of aromatic nitrogens is 2. The van der Waals surface area contributed by atoms with Gasteiger partial charge in [-0.25, -0.2) is 4.98 Å². The number of ether oxygens (including phenoxy) is 1. The molecule has 5 rings (SSSR count). The third-order valence-corrected chi connectivity index (χ3v) is 7.10. The molecule has 0 saturated heterocycles. The molecule has 5 heteroatoms. The van der Waals surface area contributed by atoms with Crippen LogP contribution >= 0.6 is 0 Å². The Hall–Kier alpha value is -4.38. The number of unbranched alkanes of at least 4 members (excludes halogenated alkanes) is 2. The van der Waals surface area contributed by atoms with Gasteiger partial charge in [-0.3, -0.25) is 4.79 Å². The van der Waals surface area contributed by atoms with Gasteiger partial charge in [-0.2, -0.15) is 0 Å². The first-order chi connectivity index (χ1) is 19.8. The number of aryl methyl sites for hydroxylation is 2. The zero-order valence-electron chi connectivity index (χ0n) is 23.0. The van der Waals surface area contributed by atoms with Crippen molar-refractivity contribution in [3.8, 4) is 16.9 Å². The Morgan fingerprint density at radius 3 is 2.23 bits per heavy atom. The largest absolute Gasteiger partial charge is 0.494 e. The van der Waals surface area contributed by atoms with Crippen LogP contribution in [-0.4, -0.2) is 28.6 Å². The third kappa shape index (κ3) is 7.60. The van der Waals surface area contributed by atoms with Gasteiger partial charge in [0.1, 0.15) is 11.6 Å². The number of rotatable bonds is 14. The fourth-order valence-corrected chi connectivity index (χ4v) is 5.00. The van der Waals surface area contributed by atoms with Crippen LogP contribution in [0.25, 0.3) is 22.2 Å². The minimum Gasteiger partial charge on any atom is -0.494 e. The summed E-state index contributed by atoms with van der Waals surface area (Å²) in [7, 11) is 0. The van der Waals surface area contributed by atoms with E-state index in [1.54, 1.807) is 0 Å². The molecule has 4 aromatic carbocycles. The Kier molecular flexibility index (Phi) is 9.61. The monoisotopic (exact) mass is 531 g/mol. The number of hydrogen-bond acceptors (Lipinski definition) is 3. The maximum absolute atomic E-state index is 12.4. The fourth-order valence-electron chi connectivity index (χ4n) is 5.00. The average molecular weight is 532 g/mol. The van der Waals surface area contributed by atoms with Gasteiger partial charge in [0, 0.05) is 19.5 Å². The summed E-state index contributed by atoms with van der Waals surface area (Å²) in [5.74, 6) is 2.11. The Balaban J connectivity index is 1.03. The molecule has 0 aliphatic carbocycles. The maximum Gasteiger partial charge on any atom is 0.224 e. The van der Waals surface area contributed by atoms with Gasteiger partial charge in [-0.05, 0) is 60.2 Å². The molecular formula is C35H37N3O2. The summed E-state index contributed by atoms with van der Waals surface area (Å²) in [5, 5.41) is 3.08. The summed E-state index contributed by atoms with van der Waals surface area (Å²) in [6.45, 7) is 2.26. The van der Waals surface area contributed by atoms with Gasteiger partial charge in [0.05, 0.1) is 24.1 Å². The van der Waals surface area contributed by atoms with E-state index in [1.807, 2.05) is 66.7 Å². The van der Waals surface area contributed by atoms with E-state index in [0.717, 1.165) is 61.3 Å². The van der Waals surface area contributed by atoms with Crippen molar-refractivity contribution >= 4 is 16.9 Å². The molecule has 5 aromatic rings. The van der Waals surface area contributed by atoms with Crippen molar-refractivity contribution in [3.63, 3.8) is 0 Å². The van der Waals surface area contributed by atoms with Crippen molar-refractivity contribution in [1.29, 1.82) is 0 Å². The van der Waals surface area contributed by atoms with Gasteiger partial charge in [-0.1, -0.05) is 91.3 Å². The highest BCUT2D eigenvalue weighted by molar-refractivity contribution is 5.79. The number of nitrogens with one attached hydrogen (secondary N) is 1. The molecule has 0 saturated carbocycles. The highest BCUT2D eigenvalue weighted by atomic mass is 16.5. The second kappa shape index (κ2) is 14.1. The molecule has 0 atom stereocenters. The molecule has 0 spiro atoms. The van der Waals surface area contributed by atoms with E-state index in [9.17, 15) is 4.79 Å². The summed E-state index contributed by atoms with van der Waals surface area (Å²) in [5.41, 5.74) is 5.61. The van der Waals surface area contributed by atoms with E-state index in [0.29, 0.717) is 19.6 Å². The van der Waals surface area contributed by atoms with Gasteiger partial charge in [0.2, 0.25) is 5.91 Å². The van der Waals surface area contributed by atoms with Crippen molar-refractivity contribution < 1.29 is 9.53 Å². The topological polar surface area (TPSA) is 56.2 Å². The van der Waals surface area contributed by atoms with Crippen LogP contribution in [0.1, 0.15) is 37.1 Å². The van der Waals surface area contributed by atoms with Crippen molar-refractivity contribution in [2.75, 3.05) is 13.2 Å². The molecule has 0 unspecified atom stereocenters. The zero-order chi connectivity index (χ0) is 27.4. The lowest BCUT2D eigenvalue weighted by molar-refractivity contribution is -0.120. The zero-order valence-corrected chi connectivity index (χ0v) is 23.0. The number of benzene rings is 4. The van der Waals surface area contributed by atoms with Gasteiger partial charge < -0.3 is 14.6 Å². The van der Waals surface area contributed by atoms with E-state index >= 15 is 0 Å². The smallest absolute Gasteiger partial charge is 0.224 e. The molecule has 1 aromatic heterocycles. The Morgan fingerprint density at radius 2 is 1.43 bits per heavy atom. The van der Waals surface area contributed by atoms with Crippen LogP contribution in [0.15, 0.2) is 109 Å². The lowest BCUT2D eigenvalue weighted by Gasteiger charge is -2.11. The number of hydrogen-bond donors (Lipinski definition) is 1. The number of para-hydroxylation sites is 3. The highest BCUT2D eigenvalue weighted by Gasteiger charge is 2.10. The van der Waals surface area contributed by atoms with E-state index in [2.05, 4.69) is 52.3 Å². The summed E-state index contributed by atoms with van der Waals surface area (Å²) in [6.07, 6.45) is 5.31. The number of nitrogens with zero attached hydrogens (tertiary/aromatic N) is 2. The summed E-state index contributed by atoms with van der Waals surface area (Å²) in [6, 6.07) is 36.9. The second-order valence-corrected chi connectivity index (χ2v) is 10.1. The fraction of sp³-hybridized carbons (Fsp3) is 0.257. The SMILES string of the molecule is O=C(Cc1ccc(-c2ccccc2)cc1)NCCCCCc1nc2ccccc2n1CCCOc1ccccc1. The third-order valence-electron chi connectivity index (χ3n) is 7.10. The first-order valence-corrected chi connectivity index (χ1v) is 14.3. The number of carbonyl (C=O) groups is 1. The quantitative estimate of drug-likeness (QED) is 0.154. The molecule has 0 aliphatic rings. The number of amides is 1. The predicted octanol–water partition coefficient (Wildman–Crippen LogP) is 7.24. The maximum atomic E-state index is 12.4. The Labute approximate surface area is 236 Å². The predicted molar refractivity (Wildman–Crippen MR) is 162 cm³/mol. The van der Waals surface area contributed by atoms with Crippen LogP contribution < -0.4 is 10.1 Å². The van der Waals surface area contributed by atoms with E-state index in [4.69, 9.17) is 9.72 Å². The first kappa shape index (κ1) is 27.2. The van der Waals surface area contributed by atoms with Crippen molar-refractivity contribution in [3.05, 3.63) is 121 Å². The number of fused-ring (bicyclic) bond motifs is 1. The molecule has 204 valence electrons. The lowest BCUT2D eigenvalue weighted by atomic mass is 10.0. The van der Waals surface area contributed by atoms with E-state index in [1.165, 1.54) is 16.6 Å². The van der Waals surface area contributed by atoms with E-state index < -0.39 is 0 Å². The molecule has 0 radical (unpaired) electrons. The summed E-state index contributed by atoms with van der Waals surface area (Å²) in [4.78, 5) is 17.4. The van der Waals surface area contributed by atoms with Crippen LogP contribution in [0.4, 0.5) is 0 Å². The first-order valence-electron chi connectivity index (χ1n) is 14.3. The molecule has 40 heavy (non-hydrogen) atoms. The average Bonchev–Trinajstić information content (AvgIpc) is 3.35.